The molecule has 0 heterocycles. The second-order valence-electron chi connectivity index (χ2n) is 31.8. The zero-order chi connectivity index (χ0) is 77.8. The molecule has 0 spiro atoms. The Morgan fingerprint density at radius 1 is 0.264 bits per heavy atom. The summed E-state index contributed by atoms with van der Waals surface area (Å²) >= 11 is 0. The predicted molar refractivity (Wildman–Crippen MR) is 437 cm³/mol. The Kier molecular flexibility index (Phi) is 76.9. The van der Waals surface area contributed by atoms with Crippen LogP contribution in [0, 0.1) is 11.8 Å². The number of rotatable bonds is 86. The second kappa shape index (κ2) is 78.3. The number of ether oxygens (including phenoxy) is 4. The molecule has 0 aliphatic rings. The fourth-order valence-electron chi connectivity index (χ4n) is 13.5. The molecule has 4 unspecified atom stereocenters. The SMILES string of the molecule is CCCCCCCCCCCCCCCCCCCCCCCCC(=O)O[C@H](COC(=O)CCCCCCCCCCCCCCCCCCCCCC)COP(=O)(O)OC[C@@H](O)COP(=O)(O)OC[C@@H](COC(=O)CCCCCCCCC(C)CC)OC(=O)CCCCCCCCCCCCC(C)CC. The molecule has 0 aromatic carbocycles. The van der Waals surface area contributed by atoms with E-state index in [-0.39, 0.29) is 25.7 Å². The summed E-state index contributed by atoms with van der Waals surface area (Å²) in [6, 6.07) is 0. The summed E-state index contributed by atoms with van der Waals surface area (Å²) in [5.41, 5.74) is 0. The van der Waals surface area contributed by atoms with Crippen molar-refractivity contribution in [2.75, 3.05) is 39.6 Å². The van der Waals surface area contributed by atoms with Crippen LogP contribution in [0.5, 0.6) is 0 Å². The van der Waals surface area contributed by atoms with Gasteiger partial charge in [-0.2, -0.15) is 0 Å². The average molecular weight is 1550 g/mol. The first kappa shape index (κ1) is 104. The molecule has 17 nitrogen and oxygen atoms in total. The van der Waals surface area contributed by atoms with Gasteiger partial charge < -0.3 is 33.8 Å². The minimum Gasteiger partial charge on any atom is -0.462 e. The van der Waals surface area contributed by atoms with Crippen molar-refractivity contribution >= 4 is 39.5 Å². The molecule has 7 atom stereocenters. The third kappa shape index (κ3) is 77.4. The lowest BCUT2D eigenvalue weighted by molar-refractivity contribution is -0.161. The number of aliphatic hydroxyl groups excluding tert-OH is 1. The number of carbonyl (C=O) groups is 4. The monoisotopic (exact) mass is 1550 g/mol. The molecule has 3 N–H and O–H groups in total. The van der Waals surface area contributed by atoms with E-state index >= 15 is 0 Å². The van der Waals surface area contributed by atoms with Gasteiger partial charge in [-0.1, -0.05) is 414 Å². The molecule has 106 heavy (non-hydrogen) atoms. The Morgan fingerprint density at radius 3 is 0.670 bits per heavy atom. The highest BCUT2D eigenvalue weighted by Crippen LogP contribution is 2.45. The van der Waals surface area contributed by atoms with E-state index in [0.717, 1.165) is 108 Å². The molecule has 0 aromatic heterocycles. The van der Waals surface area contributed by atoms with Gasteiger partial charge in [0.15, 0.2) is 12.2 Å². The molecule has 0 saturated heterocycles. The van der Waals surface area contributed by atoms with Crippen LogP contribution < -0.4 is 0 Å². The Balaban J connectivity index is 5.21. The first-order valence-corrected chi connectivity index (χ1v) is 48.1. The van der Waals surface area contributed by atoms with Gasteiger partial charge in [0.25, 0.3) is 0 Å². The standard InChI is InChI=1S/C87H170O17P2/c1-7-11-13-15-17-19-21-23-25-27-29-31-32-34-36-38-40-42-47-51-59-65-71-86(91)103-82(75-97-84(89)69-63-57-50-46-41-39-37-35-33-30-28-26-24-22-20-18-16-14-12-8-2)77-101-105(93,94)99-73-81(88)74-100-106(95,96)102-78-83(76-98-85(90)70-64-58-54-53-56-62-68-80(6)10-4)104-87(92)72-66-60-52-48-44-43-45-49-55-61-67-79(5)9-3/h79-83,88H,7-78H2,1-6H3,(H,93,94)(H,95,96)/t79?,80?,81-,82-,83-/m1/s1. The number of phosphoric ester groups is 2. The molecule has 0 aromatic rings. The lowest BCUT2D eigenvalue weighted by atomic mass is 9.99. The van der Waals surface area contributed by atoms with Gasteiger partial charge in [-0.15, -0.1) is 0 Å². The lowest BCUT2D eigenvalue weighted by Gasteiger charge is -2.21. The summed E-state index contributed by atoms with van der Waals surface area (Å²) in [7, 11) is -9.93. The van der Waals surface area contributed by atoms with Gasteiger partial charge in [0.2, 0.25) is 0 Å². The summed E-state index contributed by atoms with van der Waals surface area (Å²) in [6.07, 6.45) is 71.0. The molecule has 0 aliphatic heterocycles. The third-order valence-electron chi connectivity index (χ3n) is 21.2. The van der Waals surface area contributed by atoms with E-state index in [4.69, 9.17) is 37.0 Å². The maximum atomic E-state index is 13.2. The molecule has 0 rings (SSSR count). The van der Waals surface area contributed by atoms with Gasteiger partial charge in [0, 0.05) is 25.7 Å². The van der Waals surface area contributed by atoms with Crippen LogP contribution in [-0.2, 0) is 65.4 Å². The van der Waals surface area contributed by atoms with E-state index in [9.17, 15) is 43.2 Å². The van der Waals surface area contributed by atoms with Crippen molar-refractivity contribution in [1.29, 1.82) is 0 Å². The molecule has 0 radical (unpaired) electrons. The fourth-order valence-corrected chi connectivity index (χ4v) is 15.1. The number of unbranched alkanes of at least 4 members (excludes halogenated alkanes) is 54. The Bertz CT molecular complexity index is 2030. The molecule has 0 fully saturated rings. The van der Waals surface area contributed by atoms with E-state index in [0.29, 0.717) is 25.7 Å². The van der Waals surface area contributed by atoms with Gasteiger partial charge in [0.05, 0.1) is 26.4 Å². The molecule has 0 saturated carbocycles. The Hall–Kier alpha value is -1.94. The fraction of sp³-hybridized carbons (Fsp3) is 0.954. The molecule has 630 valence electrons. The number of hydrogen-bond acceptors (Lipinski definition) is 15. The molecular weight excluding hydrogens is 1380 g/mol. The van der Waals surface area contributed by atoms with E-state index in [1.165, 1.54) is 276 Å². The highest BCUT2D eigenvalue weighted by atomic mass is 31.2. The van der Waals surface area contributed by atoms with Crippen molar-refractivity contribution < 1.29 is 80.2 Å². The van der Waals surface area contributed by atoms with Gasteiger partial charge in [-0.25, -0.2) is 9.13 Å². The predicted octanol–water partition coefficient (Wildman–Crippen LogP) is 26.6. The highest BCUT2D eigenvalue weighted by molar-refractivity contribution is 7.47. The van der Waals surface area contributed by atoms with Crippen molar-refractivity contribution in [2.45, 2.75) is 484 Å². The highest BCUT2D eigenvalue weighted by Gasteiger charge is 2.30. The zero-order valence-corrected chi connectivity index (χ0v) is 71.5. The molecular formula is C87H170O17P2. The number of carbonyl (C=O) groups excluding carboxylic acids is 4. The third-order valence-corrected chi connectivity index (χ3v) is 23.1. The van der Waals surface area contributed by atoms with Crippen LogP contribution in [0.3, 0.4) is 0 Å². The quantitative estimate of drug-likeness (QED) is 0.0222. The molecule has 0 aliphatic carbocycles. The molecule has 0 bridgehead atoms. The topological polar surface area (TPSA) is 237 Å². The molecule has 0 amide bonds. The van der Waals surface area contributed by atoms with E-state index in [2.05, 4.69) is 41.5 Å². The van der Waals surface area contributed by atoms with Crippen molar-refractivity contribution in [1.82, 2.24) is 0 Å². The number of hydrogen-bond donors (Lipinski definition) is 3. The van der Waals surface area contributed by atoms with E-state index < -0.39 is 97.5 Å². The van der Waals surface area contributed by atoms with E-state index in [1.807, 2.05) is 0 Å². The second-order valence-corrected chi connectivity index (χ2v) is 34.7. The van der Waals surface area contributed by atoms with Crippen LogP contribution in [0.1, 0.15) is 465 Å². The minimum atomic E-state index is -4.97. The lowest BCUT2D eigenvalue weighted by Crippen LogP contribution is -2.30. The summed E-state index contributed by atoms with van der Waals surface area (Å²) in [5, 5.41) is 10.7. The van der Waals surface area contributed by atoms with Gasteiger partial charge in [-0.3, -0.25) is 37.3 Å². The van der Waals surface area contributed by atoms with Crippen LogP contribution in [0.2, 0.25) is 0 Å². The van der Waals surface area contributed by atoms with Crippen molar-refractivity contribution in [3.05, 3.63) is 0 Å². The largest absolute Gasteiger partial charge is 0.472 e. The Labute approximate surface area is 651 Å². The number of phosphoric acid groups is 2. The maximum Gasteiger partial charge on any atom is 0.472 e. The van der Waals surface area contributed by atoms with Crippen LogP contribution in [0.15, 0.2) is 0 Å². The van der Waals surface area contributed by atoms with E-state index in [1.54, 1.807) is 0 Å². The van der Waals surface area contributed by atoms with Gasteiger partial charge >= 0.3 is 39.5 Å². The number of esters is 4. The summed E-state index contributed by atoms with van der Waals surface area (Å²) in [6.45, 7) is 9.65. The van der Waals surface area contributed by atoms with Crippen molar-refractivity contribution in [3.8, 4) is 0 Å². The summed E-state index contributed by atoms with van der Waals surface area (Å²) in [4.78, 5) is 73.2. The first-order chi connectivity index (χ1) is 51.4. The minimum absolute atomic E-state index is 0.106. The maximum absolute atomic E-state index is 13.2. The van der Waals surface area contributed by atoms with Crippen LogP contribution in [-0.4, -0.2) is 96.7 Å². The zero-order valence-electron chi connectivity index (χ0n) is 69.7. The summed E-state index contributed by atoms with van der Waals surface area (Å²) in [5.74, 6) is -0.571. The normalized spacial score (nSPS) is 14.3. The summed E-state index contributed by atoms with van der Waals surface area (Å²) < 4.78 is 68.9. The Morgan fingerprint density at radius 2 is 0.453 bits per heavy atom. The number of aliphatic hydroxyl groups is 1. The van der Waals surface area contributed by atoms with Crippen LogP contribution in [0.25, 0.3) is 0 Å². The van der Waals surface area contributed by atoms with Crippen molar-refractivity contribution in [3.63, 3.8) is 0 Å². The first-order valence-electron chi connectivity index (χ1n) is 45.1. The molecule has 19 heteroatoms. The van der Waals surface area contributed by atoms with Gasteiger partial charge in [0.1, 0.15) is 19.3 Å². The average Bonchev–Trinajstić information content (AvgIpc) is 0.903. The van der Waals surface area contributed by atoms with Crippen LogP contribution in [0.4, 0.5) is 0 Å². The van der Waals surface area contributed by atoms with Gasteiger partial charge in [-0.05, 0) is 37.5 Å². The van der Waals surface area contributed by atoms with Crippen molar-refractivity contribution in [2.24, 2.45) is 11.8 Å². The van der Waals surface area contributed by atoms with Crippen LogP contribution >= 0.6 is 15.6 Å². The smallest absolute Gasteiger partial charge is 0.462 e.